The summed E-state index contributed by atoms with van der Waals surface area (Å²) in [5.74, 6) is 1.92. The van der Waals surface area contributed by atoms with Crippen LogP contribution in [0.3, 0.4) is 0 Å². The third-order valence-corrected chi connectivity index (χ3v) is 9.75. The first kappa shape index (κ1) is 18.8. The van der Waals surface area contributed by atoms with Crippen LogP contribution in [-0.4, -0.2) is 13.6 Å². The maximum absolute atomic E-state index is 4.05. The minimum absolute atomic E-state index is 0.215. The second-order valence-corrected chi connectivity index (χ2v) is 14.5. The zero-order chi connectivity index (χ0) is 17.9. The van der Waals surface area contributed by atoms with Gasteiger partial charge in [0.05, 0.1) is 5.54 Å². The van der Waals surface area contributed by atoms with E-state index < -0.39 is 8.07 Å². The molecule has 0 aromatic heterocycles. The van der Waals surface area contributed by atoms with Crippen molar-refractivity contribution >= 4 is 13.8 Å². The fourth-order valence-corrected chi connectivity index (χ4v) is 9.62. The molecule has 1 aromatic carbocycles. The molecule has 0 amide bonds. The van der Waals surface area contributed by atoms with Crippen LogP contribution in [0.5, 0.6) is 0 Å². The Labute approximate surface area is 156 Å². The van der Waals surface area contributed by atoms with E-state index in [1.807, 2.05) is 0 Å². The fourth-order valence-electron chi connectivity index (χ4n) is 5.66. The highest BCUT2D eigenvalue weighted by molar-refractivity contribution is 6.78. The smallest absolute Gasteiger partial charge is 0.0590 e. The lowest BCUT2D eigenvalue weighted by molar-refractivity contribution is 0.486. The molecule has 2 aliphatic rings. The number of unbranched alkanes of at least 4 members (excludes halogenated alkanes) is 1. The van der Waals surface area contributed by atoms with Crippen molar-refractivity contribution in [2.24, 2.45) is 11.8 Å². The minimum atomic E-state index is -0.916. The van der Waals surface area contributed by atoms with Crippen molar-refractivity contribution in [3.8, 4) is 0 Å². The third kappa shape index (κ3) is 4.21. The maximum atomic E-state index is 4.05. The number of rotatable bonds is 7. The zero-order valence-corrected chi connectivity index (χ0v) is 17.8. The van der Waals surface area contributed by atoms with Gasteiger partial charge in [0.2, 0.25) is 0 Å². The quantitative estimate of drug-likeness (QED) is 0.406. The number of allylic oxidation sites excluding steroid dienone is 1. The Hall–Kier alpha value is -1.02. The molecule has 0 spiro atoms. The van der Waals surface area contributed by atoms with E-state index in [1.54, 1.807) is 17.7 Å². The summed E-state index contributed by atoms with van der Waals surface area (Å²) in [7, 11) is -0.916. The van der Waals surface area contributed by atoms with Crippen LogP contribution >= 0.6 is 0 Å². The van der Waals surface area contributed by atoms with Crippen LogP contribution < -0.4 is 5.32 Å². The van der Waals surface area contributed by atoms with Gasteiger partial charge in [-0.2, -0.15) is 0 Å². The number of anilines is 1. The second-order valence-electron chi connectivity index (χ2n) is 9.34. The molecule has 1 saturated heterocycles. The van der Waals surface area contributed by atoms with Crippen molar-refractivity contribution in [1.29, 1.82) is 0 Å². The van der Waals surface area contributed by atoms with Gasteiger partial charge in [-0.25, -0.2) is 0 Å². The van der Waals surface area contributed by atoms with E-state index in [4.69, 9.17) is 0 Å². The van der Waals surface area contributed by atoms with Gasteiger partial charge in [-0.3, -0.25) is 0 Å². The van der Waals surface area contributed by atoms with Crippen molar-refractivity contribution in [3.63, 3.8) is 0 Å². The van der Waals surface area contributed by atoms with Crippen molar-refractivity contribution in [2.75, 3.05) is 5.32 Å². The lowest BCUT2D eigenvalue weighted by Gasteiger charge is -2.37. The summed E-state index contributed by atoms with van der Waals surface area (Å²) >= 11 is 0. The van der Waals surface area contributed by atoms with Crippen LogP contribution in [0.25, 0.3) is 0 Å². The van der Waals surface area contributed by atoms with Gasteiger partial charge in [-0.1, -0.05) is 76.1 Å². The maximum Gasteiger partial charge on any atom is 0.0590 e. The number of para-hydroxylation sites is 1. The van der Waals surface area contributed by atoms with Crippen molar-refractivity contribution in [3.05, 3.63) is 42.0 Å². The number of hydrogen-bond acceptors (Lipinski definition) is 1. The summed E-state index contributed by atoms with van der Waals surface area (Å²) in [5, 5.41) is 4.05. The molecule has 0 radical (unpaired) electrons. The van der Waals surface area contributed by atoms with Gasteiger partial charge in [-0.15, -0.1) is 0 Å². The predicted octanol–water partition coefficient (Wildman–Crippen LogP) is 7.11. The molecule has 1 N–H and O–H groups in total. The first-order valence-corrected chi connectivity index (χ1v) is 13.9. The van der Waals surface area contributed by atoms with Gasteiger partial charge in [0.25, 0.3) is 0 Å². The monoisotopic (exact) mass is 355 g/mol. The van der Waals surface area contributed by atoms with E-state index in [9.17, 15) is 0 Å². The molecule has 0 bridgehead atoms. The molecule has 138 valence electrons. The number of benzene rings is 1. The average molecular weight is 356 g/mol. The van der Waals surface area contributed by atoms with E-state index in [-0.39, 0.29) is 5.54 Å². The average Bonchev–Trinajstić information content (AvgIpc) is 3.02. The van der Waals surface area contributed by atoms with Crippen LogP contribution in [0.4, 0.5) is 5.69 Å². The molecular weight excluding hydrogens is 318 g/mol. The molecule has 2 fully saturated rings. The van der Waals surface area contributed by atoms with Crippen LogP contribution in [0.1, 0.15) is 52.4 Å². The highest BCUT2D eigenvalue weighted by Crippen LogP contribution is 2.56. The highest BCUT2D eigenvalue weighted by atomic mass is 28.3. The van der Waals surface area contributed by atoms with E-state index in [2.05, 4.69) is 68.7 Å². The number of nitrogens with one attached hydrogen (secondary N) is 1. The van der Waals surface area contributed by atoms with Gasteiger partial charge in [0.15, 0.2) is 0 Å². The molecule has 1 heterocycles. The third-order valence-electron chi connectivity index (χ3n) is 6.49. The molecule has 1 aliphatic carbocycles. The second kappa shape index (κ2) is 7.69. The molecule has 2 atom stereocenters. The zero-order valence-electron chi connectivity index (χ0n) is 16.8. The summed E-state index contributed by atoms with van der Waals surface area (Å²) in [5.41, 5.74) is 3.22. The van der Waals surface area contributed by atoms with E-state index in [1.165, 1.54) is 44.2 Å². The first-order valence-electron chi connectivity index (χ1n) is 10.5. The summed E-state index contributed by atoms with van der Waals surface area (Å²) in [6, 6.07) is 14.0. The minimum Gasteiger partial charge on any atom is -0.376 e. The molecule has 1 aliphatic heterocycles. The molecule has 0 unspecified atom stereocenters. The van der Waals surface area contributed by atoms with Gasteiger partial charge < -0.3 is 5.32 Å². The van der Waals surface area contributed by atoms with Crippen molar-refractivity contribution < 1.29 is 0 Å². The molecule has 1 saturated carbocycles. The Morgan fingerprint density at radius 1 is 1.08 bits per heavy atom. The largest absolute Gasteiger partial charge is 0.376 e. The van der Waals surface area contributed by atoms with Gasteiger partial charge in [0, 0.05) is 13.8 Å². The molecule has 1 aromatic rings. The Kier molecular flexibility index (Phi) is 5.77. The molecular formula is C23H37NSi. The van der Waals surface area contributed by atoms with Crippen molar-refractivity contribution in [2.45, 2.75) is 83.1 Å². The van der Waals surface area contributed by atoms with E-state index >= 15 is 0 Å². The summed E-state index contributed by atoms with van der Waals surface area (Å²) < 4.78 is 0. The summed E-state index contributed by atoms with van der Waals surface area (Å²) in [6.45, 7) is 9.85. The summed E-state index contributed by atoms with van der Waals surface area (Å²) in [6.07, 6.45) is 10.3. The van der Waals surface area contributed by atoms with E-state index in [0.29, 0.717) is 0 Å². The lowest BCUT2D eigenvalue weighted by Crippen LogP contribution is -2.39. The number of hydrogen-bond donors (Lipinski definition) is 1. The summed E-state index contributed by atoms with van der Waals surface area (Å²) in [4.78, 5) is 0. The van der Waals surface area contributed by atoms with Gasteiger partial charge >= 0.3 is 0 Å². The Morgan fingerprint density at radius 2 is 1.72 bits per heavy atom. The lowest BCUT2D eigenvalue weighted by atomic mass is 9.82. The molecule has 2 heteroatoms. The van der Waals surface area contributed by atoms with Crippen LogP contribution in [0, 0.1) is 11.8 Å². The molecule has 1 nitrogen and oxygen atoms in total. The predicted molar refractivity (Wildman–Crippen MR) is 114 cm³/mol. The Balaban J connectivity index is 1.90. The number of fused-ring (bicyclic) bond motifs is 1. The Bertz CT molecular complexity index is 573. The van der Waals surface area contributed by atoms with Gasteiger partial charge in [0.1, 0.15) is 0 Å². The topological polar surface area (TPSA) is 12.0 Å². The Morgan fingerprint density at radius 3 is 2.28 bits per heavy atom. The van der Waals surface area contributed by atoms with Crippen LogP contribution in [-0.2, 0) is 0 Å². The molecule has 3 rings (SSSR count). The normalized spacial score (nSPS) is 27.3. The first-order chi connectivity index (χ1) is 12.0. The SMILES string of the molecule is CCC/C=C(\CCC)C1(Nc2ccccc2)C[C@@H]2C[Si](C)(C)C[C@H]2C1. The molecule has 25 heavy (non-hydrogen) atoms. The van der Waals surface area contributed by atoms with Gasteiger partial charge in [-0.05, 0) is 55.2 Å². The fraction of sp³-hybridized carbons (Fsp3) is 0.652. The van der Waals surface area contributed by atoms with Crippen LogP contribution in [0.2, 0.25) is 25.2 Å². The van der Waals surface area contributed by atoms with Crippen molar-refractivity contribution in [1.82, 2.24) is 0 Å². The highest BCUT2D eigenvalue weighted by Gasteiger charge is 2.53. The van der Waals surface area contributed by atoms with Crippen LogP contribution in [0.15, 0.2) is 42.0 Å². The van der Waals surface area contributed by atoms with E-state index in [0.717, 1.165) is 11.8 Å². The standard InChI is InChI=1S/C23H37NSi/c1-5-7-12-21(11-6-2)23(24-22-13-9-8-10-14-22)15-19-17-25(3,4)18-20(19)16-23/h8-10,12-14,19-20,24H,5-7,11,15-18H2,1-4H3/b21-12+/t19-,20-/m1/s1.